The van der Waals surface area contributed by atoms with Crippen LogP contribution in [0.4, 0.5) is 0 Å². The highest BCUT2D eigenvalue weighted by Gasteiger charge is 2.28. The first kappa shape index (κ1) is 18.0. The number of likely N-dealkylation sites (tertiary alicyclic amines) is 1. The Morgan fingerprint density at radius 1 is 1.33 bits per heavy atom. The molecule has 0 aromatic carbocycles. The Labute approximate surface area is 128 Å². The third-order valence-electron chi connectivity index (χ3n) is 4.50. The maximum Gasteiger partial charge on any atom is 0.307 e. The van der Waals surface area contributed by atoms with E-state index in [1.165, 1.54) is 7.11 Å². The Morgan fingerprint density at radius 2 is 2.10 bits per heavy atom. The molecule has 122 valence electrons. The number of methoxy groups -OCH3 is 1. The Morgan fingerprint density at radius 3 is 2.71 bits per heavy atom. The summed E-state index contributed by atoms with van der Waals surface area (Å²) in [5, 5.41) is 0. The molecule has 2 unspecified atom stereocenters. The maximum absolute atomic E-state index is 12.4. The van der Waals surface area contributed by atoms with E-state index < -0.39 is 0 Å². The van der Waals surface area contributed by atoms with Crippen molar-refractivity contribution < 1.29 is 14.3 Å². The van der Waals surface area contributed by atoms with Crippen molar-refractivity contribution in [2.24, 2.45) is 11.7 Å². The van der Waals surface area contributed by atoms with E-state index >= 15 is 0 Å². The van der Waals surface area contributed by atoms with Gasteiger partial charge in [0.2, 0.25) is 5.91 Å². The fourth-order valence-electron chi connectivity index (χ4n) is 3.08. The van der Waals surface area contributed by atoms with Gasteiger partial charge in [0.15, 0.2) is 0 Å². The number of piperidine rings is 1. The molecule has 1 amide bonds. The average Bonchev–Trinajstić information content (AvgIpc) is 2.51. The molecule has 1 fully saturated rings. The highest BCUT2D eigenvalue weighted by atomic mass is 16.5. The zero-order valence-corrected chi connectivity index (χ0v) is 13.5. The molecule has 0 aromatic rings. The number of nitrogens with zero attached hydrogens (tertiary/aromatic N) is 1. The summed E-state index contributed by atoms with van der Waals surface area (Å²) < 4.78 is 4.74. The molecule has 0 aromatic heterocycles. The molecule has 21 heavy (non-hydrogen) atoms. The second-order valence-corrected chi connectivity index (χ2v) is 5.91. The van der Waals surface area contributed by atoms with E-state index in [0.29, 0.717) is 25.3 Å². The van der Waals surface area contributed by atoms with Crippen molar-refractivity contribution >= 4 is 11.9 Å². The summed E-state index contributed by atoms with van der Waals surface area (Å²) in [6, 6.07) is 0.0216. The third kappa shape index (κ3) is 6.04. The van der Waals surface area contributed by atoms with E-state index in [2.05, 4.69) is 6.92 Å². The van der Waals surface area contributed by atoms with Crippen molar-refractivity contribution in [1.82, 2.24) is 4.90 Å². The van der Waals surface area contributed by atoms with E-state index in [1.807, 2.05) is 4.90 Å². The quantitative estimate of drug-likeness (QED) is 0.696. The molecule has 1 aliphatic rings. The van der Waals surface area contributed by atoms with E-state index in [4.69, 9.17) is 10.5 Å². The summed E-state index contributed by atoms with van der Waals surface area (Å²) in [6.07, 6.45) is 6.85. The Bertz CT molecular complexity index is 333. The number of ether oxygens (including phenoxy) is 1. The van der Waals surface area contributed by atoms with Crippen LogP contribution in [0.2, 0.25) is 0 Å². The minimum atomic E-state index is -0.228. The lowest BCUT2D eigenvalue weighted by Crippen LogP contribution is -2.44. The summed E-state index contributed by atoms with van der Waals surface area (Å²) in [5.74, 6) is 0.483. The van der Waals surface area contributed by atoms with Crippen molar-refractivity contribution in [3.05, 3.63) is 0 Å². The number of carbonyl (C=O) groups excluding carboxylic acids is 2. The number of rotatable bonds is 8. The highest BCUT2D eigenvalue weighted by Crippen LogP contribution is 2.23. The number of amides is 1. The molecular formula is C16H30N2O3. The smallest absolute Gasteiger partial charge is 0.307 e. The molecule has 1 heterocycles. The van der Waals surface area contributed by atoms with E-state index in [1.54, 1.807) is 0 Å². The fourth-order valence-corrected chi connectivity index (χ4v) is 3.08. The van der Waals surface area contributed by atoms with Crippen molar-refractivity contribution in [2.75, 3.05) is 20.2 Å². The van der Waals surface area contributed by atoms with Gasteiger partial charge in [-0.1, -0.05) is 13.3 Å². The first-order chi connectivity index (χ1) is 10.1. The first-order valence-corrected chi connectivity index (χ1v) is 8.18. The average molecular weight is 298 g/mol. The molecule has 0 spiro atoms. The van der Waals surface area contributed by atoms with E-state index in [0.717, 1.165) is 45.1 Å². The van der Waals surface area contributed by atoms with Gasteiger partial charge in [0.1, 0.15) is 0 Å². The third-order valence-corrected chi connectivity index (χ3v) is 4.50. The molecule has 5 heteroatoms. The highest BCUT2D eigenvalue weighted by molar-refractivity contribution is 5.78. The normalized spacial score (nSPS) is 20.1. The summed E-state index contributed by atoms with van der Waals surface area (Å²) in [7, 11) is 1.40. The molecule has 0 bridgehead atoms. The maximum atomic E-state index is 12.4. The number of hydrogen-bond acceptors (Lipinski definition) is 4. The summed E-state index contributed by atoms with van der Waals surface area (Å²) >= 11 is 0. The molecule has 2 atom stereocenters. The number of hydrogen-bond donors (Lipinski definition) is 1. The first-order valence-electron chi connectivity index (χ1n) is 8.18. The zero-order chi connectivity index (χ0) is 15.7. The fraction of sp³-hybridized carbons (Fsp3) is 0.875. The van der Waals surface area contributed by atoms with Crippen LogP contribution in [0.25, 0.3) is 0 Å². The summed E-state index contributed by atoms with van der Waals surface area (Å²) in [4.78, 5) is 25.8. The summed E-state index contributed by atoms with van der Waals surface area (Å²) in [5.41, 5.74) is 5.60. The molecule has 1 aliphatic heterocycles. The van der Waals surface area contributed by atoms with Crippen LogP contribution >= 0.6 is 0 Å². The molecule has 0 aliphatic carbocycles. The van der Waals surface area contributed by atoms with Crippen LogP contribution in [0.15, 0.2) is 0 Å². The van der Waals surface area contributed by atoms with Gasteiger partial charge in [-0.25, -0.2) is 0 Å². The van der Waals surface area contributed by atoms with Gasteiger partial charge in [0, 0.05) is 19.0 Å². The van der Waals surface area contributed by atoms with Gasteiger partial charge in [-0.2, -0.15) is 0 Å². The molecule has 1 saturated heterocycles. The van der Waals surface area contributed by atoms with Crippen LogP contribution in [-0.2, 0) is 14.3 Å². The molecule has 5 nitrogen and oxygen atoms in total. The number of carbonyl (C=O) groups is 2. The largest absolute Gasteiger partial charge is 0.469 e. The molecule has 0 radical (unpaired) electrons. The minimum absolute atomic E-state index is 0.0216. The van der Waals surface area contributed by atoms with Crippen molar-refractivity contribution in [2.45, 2.75) is 64.3 Å². The van der Waals surface area contributed by atoms with Gasteiger partial charge >= 0.3 is 5.97 Å². The SMILES string of the molecule is CCC(CCN)CCC(=O)N1CCCCC1CC(=O)OC. The van der Waals surface area contributed by atoms with Gasteiger partial charge in [0.25, 0.3) is 0 Å². The minimum Gasteiger partial charge on any atom is -0.469 e. The van der Waals surface area contributed by atoms with E-state index in [-0.39, 0.29) is 17.9 Å². The van der Waals surface area contributed by atoms with Crippen molar-refractivity contribution in [3.8, 4) is 0 Å². The lowest BCUT2D eigenvalue weighted by atomic mass is 9.94. The van der Waals surface area contributed by atoms with Crippen LogP contribution in [0.1, 0.15) is 58.3 Å². The van der Waals surface area contributed by atoms with Crippen molar-refractivity contribution in [3.63, 3.8) is 0 Å². The van der Waals surface area contributed by atoms with Crippen LogP contribution in [0.3, 0.4) is 0 Å². The standard InChI is InChI=1S/C16H30N2O3/c1-3-13(9-10-17)7-8-15(19)18-11-5-4-6-14(18)12-16(20)21-2/h13-14H,3-12,17H2,1-2H3. The number of esters is 1. The molecule has 1 rings (SSSR count). The molecule has 0 saturated carbocycles. The predicted molar refractivity (Wildman–Crippen MR) is 82.7 cm³/mol. The van der Waals surface area contributed by atoms with Gasteiger partial charge in [0.05, 0.1) is 13.5 Å². The van der Waals surface area contributed by atoms with E-state index in [9.17, 15) is 9.59 Å². The lowest BCUT2D eigenvalue weighted by Gasteiger charge is -2.35. The van der Waals surface area contributed by atoms with Crippen LogP contribution in [0.5, 0.6) is 0 Å². The van der Waals surface area contributed by atoms with Crippen molar-refractivity contribution in [1.29, 1.82) is 0 Å². The van der Waals surface area contributed by atoms with Crippen LogP contribution in [-0.4, -0.2) is 43.0 Å². The predicted octanol–water partition coefficient (Wildman–Crippen LogP) is 2.09. The summed E-state index contributed by atoms with van der Waals surface area (Å²) in [6.45, 7) is 3.60. The topological polar surface area (TPSA) is 72.6 Å². The Hall–Kier alpha value is -1.10. The van der Waals surface area contributed by atoms with Gasteiger partial charge in [-0.15, -0.1) is 0 Å². The monoisotopic (exact) mass is 298 g/mol. The van der Waals surface area contributed by atoms with Gasteiger partial charge in [-0.05, 0) is 44.6 Å². The second kappa shape index (κ2) is 9.77. The molecule has 2 N–H and O–H groups in total. The molecular weight excluding hydrogens is 268 g/mol. The second-order valence-electron chi connectivity index (χ2n) is 5.91. The Kier molecular flexibility index (Phi) is 8.35. The zero-order valence-electron chi connectivity index (χ0n) is 13.5. The van der Waals surface area contributed by atoms with Crippen LogP contribution < -0.4 is 5.73 Å². The van der Waals surface area contributed by atoms with Crippen LogP contribution in [0, 0.1) is 5.92 Å². The van der Waals surface area contributed by atoms with Gasteiger partial charge < -0.3 is 15.4 Å². The number of nitrogens with two attached hydrogens (primary N) is 1. The Balaban J connectivity index is 2.50. The lowest BCUT2D eigenvalue weighted by molar-refractivity contribution is -0.144. The van der Waals surface area contributed by atoms with Gasteiger partial charge in [-0.3, -0.25) is 9.59 Å².